The van der Waals surface area contributed by atoms with Crippen molar-refractivity contribution < 1.29 is 27.9 Å². The molecular formula is C25H34N4O6S. The van der Waals surface area contributed by atoms with Crippen molar-refractivity contribution in [1.29, 1.82) is 0 Å². The lowest BCUT2D eigenvalue weighted by atomic mass is 9.95. The van der Waals surface area contributed by atoms with Crippen LogP contribution in [0, 0.1) is 0 Å². The van der Waals surface area contributed by atoms with Crippen LogP contribution in [-0.2, 0) is 19.6 Å². The summed E-state index contributed by atoms with van der Waals surface area (Å²) in [5.41, 5.74) is 2.60. The molecule has 0 spiro atoms. The van der Waals surface area contributed by atoms with Crippen LogP contribution < -0.4 is 15.1 Å². The lowest BCUT2D eigenvalue weighted by Gasteiger charge is -2.44. The van der Waals surface area contributed by atoms with Crippen LogP contribution in [0.3, 0.4) is 0 Å². The van der Waals surface area contributed by atoms with Gasteiger partial charge in [-0.05, 0) is 49.2 Å². The Balaban J connectivity index is 1.39. The van der Waals surface area contributed by atoms with Gasteiger partial charge in [0.15, 0.2) is 4.75 Å². The Labute approximate surface area is 212 Å². The molecule has 0 atom stereocenters. The lowest BCUT2D eigenvalue weighted by Crippen LogP contribution is -2.63. The van der Waals surface area contributed by atoms with Crippen molar-refractivity contribution >= 4 is 21.6 Å². The third-order valence-corrected chi connectivity index (χ3v) is 9.67. The highest BCUT2D eigenvalue weighted by atomic mass is 32.2. The van der Waals surface area contributed by atoms with Gasteiger partial charge in [0.1, 0.15) is 11.5 Å². The molecule has 2 aromatic carbocycles. The summed E-state index contributed by atoms with van der Waals surface area (Å²) in [7, 11) is -2.38. The lowest BCUT2D eigenvalue weighted by molar-refractivity contribution is -0.133. The maximum absolute atomic E-state index is 13.7. The number of carbonyl (C=O) groups excluding carboxylic acids is 1. The topological polar surface area (TPSA) is 112 Å². The van der Waals surface area contributed by atoms with Crippen LogP contribution in [0.15, 0.2) is 54.6 Å². The zero-order chi connectivity index (χ0) is 25.6. The average Bonchev–Trinajstić information content (AvgIpc) is 2.92. The number of amides is 1. The van der Waals surface area contributed by atoms with Gasteiger partial charge in [-0.3, -0.25) is 10.0 Å². The number of anilines is 1. The molecule has 4 rings (SSSR count). The van der Waals surface area contributed by atoms with Gasteiger partial charge in [-0.15, -0.1) is 0 Å². The van der Waals surface area contributed by atoms with Crippen molar-refractivity contribution in [3.8, 4) is 11.5 Å². The first-order chi connectivity index (χ1) is 17.4. The smallest absolute Gasteiger partial charge is 0.266 e. The monoisotopic (exact) mass is 518 g/mol. The van der Waals surface area contributed by atoms with Crippen LogP contribution in [0.5, 0.6) is 11.5 Å². The minimum atomic E-state index is -3.99. The Kier molecular flexibility index (Phi) is 8.47. The van der Waals surface area contributed by atoms with Crippen LogP contribution >= 0.6 is 0 Å². The molecule has 0 bridgehead atoms. The van der Waals surface area contributed by atoms with Crippen molar-refractivity contribution in [1.82, 2.24) is 14.7 Å². The Morgan fingerprint density at radius 3 is 2.14 bits per heavy atom. The highest BCUT2D eigenvalue weighted by Gasteiger charge is 2.55. The number of hydrogen-bond acceptors (Lipinski definition) is 8. The fourth-order valence-corrected chi connectivity index (χ4v) is 6.96. The number of rotatable bonds is 9. The molecule has 2 saturated heterocycles. The van der Waals surface area contributed by atoms with Gasteiger partial charge in [-0.25, -0.2) is 13.9 Å². The summed E-state index contributed by atoms with van der Waals surface area (Å²) < 4.78 is 38.1. The van der Waals surface area contributed by atoms with E-state index in [2.05, 4.69) is 9.80 Å². The number of carbonyl (C=O) groups is 1. The summed E-state index contributed by atoms with van der Waals surface area (Å²) in [6, 6.07) is 17.2. The number of ether oxygens (including phenoxy) is 2. The first-order valence-corrected chi connectivity index (χ1v) is 13.6. The maximum Gasteiger partial charge on any atom is 0.266 e. The predicted molar refractivity (Wildman–Crippen MR) is 136 cm³/mol. The van der Waals surface area contributed by atoms with Gasteiger partial charge < -0.3 is 19.3 Å². The maximum atomic E-state index is 13.7. The van der Waals surface area contributed by atoms with E-state index in [9.17, 15) is 18.4 Å². The number of nitrogens with zero attached hydrogens (tertiary/aromatic N) is 3. The molecule has 2 fully saturated rings. The van der Waals surface area contributed by atoms with Crippen LogP contribution in [0.4, 0.5) is 5.69 Å². The van der Waals surface area contributed by atoms with E-state index >= 15 is 0 Å². The third kappa shape index (κ3) is 5.50. The second-order valence-corrected chi connectivity index (χ2v) is 11.3. The van der Waals surface area contributed by atoms with Gasteiger partial charge >= 0.3 is 0 Å². The van der Waals surface area contributed by atoms with E-state index in [-0.39, 0.29) is 25.9 Å². The second-order valence-electron chi connectivity index (χ2n) is 9.07. The molecule has 0 unspecified atom stereocenters. The van der Waals surface area contributed by atoms with E-state index in [1.807, 2.05) is 54.6 Å². The molecule has 2 aliphatic heterocycles. The molecule has 2 aliphatic rings. The number of likely N-dealkylation sites (tertiary alicyclic amines) is 1. The quantitative estimate of drug-likeness (QED) is 0.383. The van der Waals surface area contributed by atoms with Crippen molar-refractivity contribution in [2.24, 2.45) is 0 Å². The molecule has 11 heteroatoms. The summed E-state index contributed by atoms with van der Waals surface area (Å²) in [4.78, 5) is 16.9. The van der Waals surface area contributed by atoms with E-state index in [1.54, 1.807) is 12.6 Å². The molecule has 2 heterocycles. The minimum absolute atomic E-state index is 0.120. The van der Waals surface area contributed by atoms with Crippen LogP contribution in [-0.4, -0.2) is 93.0 Å². The number of nitrogens with one attached hydrogen (secondary N) is 1. The fourth-order valence-electron chi connectivity index (χ4n) is 4.85. The van der Waals surface area contributed by atoms with Gasteiger partial charge in [0.25, 0.3) is 5.91 Å². The number of sulfonamides is 1. The third-order valence-electron chi connectivity index (χ3n) is 7.04. The van der Waals surface area contributed by atoms with E-state index in [0.29, 0.717) is 39.3 Å². The Morgan fingerprint density at radius 2 is 1.56 bits per heavy atom. The number of hydrogen-bond donors (Lipinski definition) is 2. The number of piperazine rings is 1. The van der Waals surface area contributed by atoms with E-state index < -0.39 is 20.7 Å². The molecule has 2 aromatic rings. The zero-order valence-corrected chi connectivity index (χ0v) is 21.3. The number of hydroxylamine groups is 1. The van der Waals surface area contributed by atoms with E-state index in [1.165, 1.54) is 4.31 Å². The molecule has 2 N–H and O–H groups in total. The van der Waals surface area contributed by atoms with Gasteiger partial charge in [-0.1, -0.05) is 18.2 Å². The largest absolute Gasteiger partial charge is 0.457 e. The van der Waals surface area contributed by atoms with Gasteiger partial charge in [0.2, 0.25) is 10.0 Å². The normalized spacial score (nSPS) is 19.1. The molecule has 0 saturated carbocycles. The minimum Gasteiger partial charge on any atom is -0.457 e. The molecular weight excluding hydrogens is 484 g/mol. The Bertz CT molecular complexity index is 1100. The van der Waals surface area contributed by atoms with Crippen molar-refractivity contribution in [3.63, 3.8) is 0 Å². The number of benzene rings is 2. The predicted octanol–water partition coefficient (Wildman–Crippen LogP) is 1.92. The number of methoxy groups -OCH3 is 1. The molecule has 1 amide bonds. The van der Waals surface area contributed by atoms with Crippen LogP contribution in [0.25, 0.3) is 0 Å². The summed E-state index contributed by atoms with van der Waals surface area (Å²) >= 11 is 0. The molecule has 36 heavy (non-hydrogen) atoms. The van der Waals surface area contributed by atoms with Crippen molar-refractivity contribution in [2.75, 3.05) is 64.4 Å². The molecule has 196 valence electrons. The summed E-state index contributed by atoms with van der Waals surface area (Å²) in [5.74, 6) is 0.625. The van der Waals surface area contributed by atoms with Gasteiger partial charge in [0, 0.05) is 58.6 Å². The molecule has 10 nitrogen and oxygen atoms in total. The van der Waals surface area contributed by atoms with Crippen molar-refractivity contribution in [3.05, 3.63) is 54.6 Å². The number of para-hydroxylation sites is 1. The van der Waals surface area contributed by atoms with Crippen LogP contribution in [0.2, 0.25) is 0 Å². The highest BCUT2D eigenvalue weighted by molar-refractivity contribution is 7.91. The van der Waals surface area contributed by atoms with Crippen molar-refractivity contribution in [2.45, 2.75) is 17.6 Å². The second kappa shape index (κ2) is 11.6. The standard InChI is InChI=1S/C25H34N4O6S/c1-34-20-19-27-13-11-25(12-14-27,24(30)26-31)36(32,33)29-17-15-28(16-18-29)21-7-9-23(10-8-21)35-22-5-3-2-4-6-22/h2-10,31H,11-20H2,1H3,(H,26,30). The molecule has 0 aliphatic carbocycles. The van der Waals surface area contributed by atoms with Gasteiger partial charge in [-0.2, -0.15) is 4.31 Å². The zero-order valence-electron chi connectivity index (χ0n) is 20.5. The Hall–Kier alpha value is -2.70. The fraction of sp³-hybridized carbons (Fsp3) is 0.480. The summed E-state index contributed by atoms with van der Waals surface area (Å²) in [6.07, 6.45) is 0.239. The summed E-state index contributed by atoms with van der Waals surface area (Å²) in [6.45, 7) is 3.59. The van der Waals surface area contributed by atoms with E-state index in [0.717, 1.165) is 17.2 Å². The summed E-state index contributed by atoms with van der Waals surface area (Å²) in [5, 5.41) is 9.39. The first kappa shape index (κ1) is 26.4. The van der Waals surface area contributed by atoms with E-state index in [4.69, 9.17) is 9.47 Å². The highest BCUT2D eigenvalue weighted by Crippen LogP contribution is 2.35. The average molecular weight is 519 g/mol. The SMILES string of the molecule is COCCN1CCC(C(=O)NO)(S(=O)(=O)N2CCN(c3ccc(Oc4ccccc4)cc3)CC2)CC1. The Morgan fingerprint density at radius 1 is 0.944 bits per heavy atom. The van der Waals surface area contributed by atoms with Gasteiger partial charge in [0.05, 0.1) is 6.61 Å². The molecule has 0 aromatic heterocycles. The number of piperidine rings is 1. The van der Waals surface area contributed by atoms with Crippen LogP contribution in [0.1, 0.15) is 12.8 Å². The molecule has 0 radical (unpaired) electrons. The first-order valence-electron chi connectivity index (χ1n) is 12.1.